The quantitative estimate of drug-likeness (QED) is 0.767. The summed E-state index contributed by atoms with van der Waals surface area (Å²) in [5, 5.41) is 0. The fraction of sp³-hybridized carbons (Fsp3) is 0.227. The monoisotopic (exact) mass is 372 g/mol. The number of ether oxygens (including phenoxy) is 1. The van der Waals surface area contributed by atoms with Gasteiger partial charge in [-0.25, -0.2) is 4.98 Å². The lowest BCUT2D eigenvalue weighted by atomic mass is 9.96. The molecule has 2 aliphatic heterocycles. The Balaban J connectivity index is 1.52. The number of rotatable bonds is 3. The number of aromatic nitrogens is 2. The summed E-state index contributed by atoms with van der Waals surface area (Å²) in [4.78, 5) is 26.8. The highest BCUT2D eigenvalue weighted by Crippen LogP contribution is 2.28. The van der Waals surface area contributed by atoms with E-state index in [1.54, 1.807) is 18.5 Å². The zero-order valence-electron chi connectivity index (χ0n) is 15.4. The van der Waals surface area contributed by atoms with Crippen molar-refractivity contribution in [2.75, 3.05) is 31.2 Å². The Morgan fingerprint density at radius 2 is 1.89 bits per heavy atom. The Hall–Kier alpha value is -3.25. The van der Waals surface area contributed by atoms with Gasteiger partial charge in [0.2, 0.25) is 0 Å². The first-order valence-electron chi connectivity index (χ1n) is 9.44. The first-order chi connectivity index (χ1) is 13.8. The van der Waals surface area contributed by atoms with E-state index in [0.29, 0.717) is 12.1 Å². The minimum absolute atomic E-state index is 0.00806. The third-order valence-corrected chi connectivity index (χ3v) is 5.26. The van der Waals surface area contributed by atoms with Gasteiger partial charge in [-0.15, -0.1) is 0 Å². The van der Waals surface area contributed by atoms with Crippen molar-refractivity contribution in [1.82, 2.24) is 9.97 Å². The van der Waals surface area contributed by atoms with Crippen LogP contribution in [0.15, 0.2) is 64.8 Å². The Kier molecular flexibility index (Phi) is 4.25. The number of aromatic amines is 1. The number of benzene rings is 1. The van der Waals surface area contributed by atoms with Gasteiger partial charge in [-0.2, -0.15) is 0 Å². The molecule has 2 aliphatic rings. The summed E-state index contributed by atoms with van der Waals surface area (Å²) in [5.41, 5.74) is 5.85. The van der Waals surface area contributed by atoms with Crippen LogP contribution < -0.4 is 10.3 Å². The summed E-state index contributed by atoms with van der Waals surface area (Å²) in [6.45, 7) is 3.81. The summed E-state index contributed by atoms with van der Waals surface area (Å²) in [6, 6.07) is 11.8. The normalized spacial score (nSPS) is 16.0. The van der Waals surface area contributed by atoms with Gasteiger partial charge in [0.1, 0.15) is 5.82 Å². The molecule has 6 heteroatoms. The predicted octanol–water partition coefficient (Wildman–Crippen LogP) is 2.62. The third-order valence-electron chi connectivity index (χ3n) is 5.26. The maximum absolute atomic E-state index is 12.2. The van der Waals surface area contributed by atoms with Crippen LogP contribution in [0.4, 0.5) is 5.82 Å². The Bertz CT molecular complexity index is 1110. The van der Waals surface area contributed by atoms with E-state index in [9.17, 15) is 4.79 Å². The van der Waals surface area contributed by atoms with Crippen molar-refractivity contribution in [3.05, 3.63) is 81.9 Å². The number of nitrogens with one attached hydrogen (secondary N) is 1. The van der Waals surface area contributed by atoms with E-state index >= 15 is 0 Å². The molecule has 1 N–H and O–H groups in total. The molecule has 3 aromatic rings. The van der Waals surface area contributed by atoms with Crippen molar-refractivity contribution in [3.8, 4) is 11.1 Å². The molecule has 0 unspecified atom stereocenters. The van der Waals surface area contributed by atoms with Gasteiger partial charge in [0.25, 0.3) is 0 Å². The molecule has 0 bridgehead atoms. The highest BCUT2D eigenvalue weighted by Gasteiger charge is 2.20. The Morgan fingerprint density at radius 3 is 2.75 bits per heavy atom. The fourth-order valence-electron chi connectivity index (χ4n) is 3.77. The number of nitrogens with zero attached hydrogens (tertiary/aromatic N) is 3. The molecule has 0 radical (unpaired) electrons. The van der Waals surface area contributed by atoms with Crippen LogP contribution in [0.1, 0.15) is 16.7 Å². The average molecular weight is 372 g/mol. The van der Waals surface area contributed by atoms with Crippen LogP contribution in [0.5, 0.6) is 0 Å². The van der Waals surface area contributed by atoms with Gasteiger partial charge in [0.15, 0.2) is 5.43 Å². The Labute approximate surface area is 162 Å². The van der Waals surface area contributed by atoms with Gasteiger partial charge < -0.3 is 14.6 Å². The van der Waals surface area contributed by atoms with Gasteiger partial charge in [0.05, 0.1) is 25.5 Å². The van der Waals surface area contributed by atoms with Crippen molar-refractivity contribution in [3.63, 3.8) is 0 Å². The van der Waals surface area contributed by atoms with Gasteiger partial charge in [-0.05, 0) is 29.3 Å². The fourth-order valence-corrected chi connectivity index (χ4v) is 3.77. The predicted molar refractivity (Wildman–Crippen MR) is 109 cm³/mol. The highest BCUT2D eigenvalue weighted by molar-refractivity contribution is 6.15. The van der Waals surface area contributed by atoms with Gasteiger partial charge in [0, 0.05) is 54.4 Å². The zero-order chi connectivity index (χ0) is 18.9. The highest BCUT2D eigenvalue weighted by atomic mass is 16.5. The molecule has 0 spiro atoms. The number of fused-ring (bicyclic) bond motifs is 1. The van der Waals surface area contributed by atoms with Crippen molar-refractivity contribution < 1.29 is 4.74 Å². The van der Waals surface area contributed by atoms with E-state index in [1.807, 2.05) is 18.3 Å². The second-order valence-corrected chi connectivity index (χ2v) is 6.96. The first-order valence-corrected chi connectivity index (χ1v) is 9.44. The SMILES string of the molecule is O=c1cc[nH]cc1-c1ccc2c(c1)C(c1ccnc(N3CCOCC3)c1)=NC2. The van der Waals surface area contributed by atoms with E-state index in [0.717, 1.165) is 54.5 Å². The second-order valence-electron chi connectivity index (χ2n) is 6.96. The molecule has 2 aromatic heterocycles. The molecule has 0 aliphatic carbocycles. The average Bonchev–Trinajstić information content (AvgIpc) is 3.18. The number of hydrogen-bond donors (Lipinski definition) is 1. The lowest BCUT2D eigenvalue weighted by molar-refractivity contribution is 0.122. The molecule has 28 heavy (non-hydrogen) atoms. The van der Waals surface area contributed by atoms with Crippen LogP contribution in [-0.2, 0) is 11.3 Å². The minimum atomic E-state index is 0.00806. The molecule has 1 saturated heterocycles. The largest absolute Gasteiger partial charge is 0.378 e. The third kappa shape index (κ3) is 3.01. The van der Waals surface area contributed by atoms with Crippen LogP contribution in [0.3, 0.4) is 0 Å². The van der Waals surface area contributed by atoms with E-state index in [2.05, 4.69) is 33.1 Å². The van der Waals surface area contributed by atoms with Gasteiger partial charge in [-0.3, -0.25) is 9.79 Å². The summed E-state index contributed by atoms with van der Waals surface area (Å²) < 4.78 is 5.44. The van der Waals surface area contributed by atoms with Crippen LogP contribution in [0.2, 0.25) is 0 Å². The maximum atomic E-state index is 12.2. The van der Waals surface area contributed by atoms with Gasteiger partial charge in [-0.1, -0.05) is 12.1 Å². The van der Waals surface area contributed by atoms with Crippen molar-refractivity contribution >= 4 is 11.5 Å². The van der Waals surface area contributed by atoms with Crippen LogP contribution in [0, 0.1) is 0 Å². The van der Waals surface area contributed by atoms with Gasteiger partial charge >= 0.3 is 0 Å². The molecular weight excluding hydrogens is 352 g/mol. The lowest BCUT2D eigenvalue weighted by Gasteiger charge is -2.28. The molecule has 1 aromatic carbocycles. The molecule has 0 saturated carbocycles. The van der Waals surface area contributed by atoms with E-state index in [-0.39, 0.29) is 5.43 Å². The van der Waals surface area contributed by atoms with E-state index < -0.39 is 0 Å². The molecule has 4 heterocycles. The molecule has 5 rings (SSSR count). The number of pyridine rings is 2. The van der Waals surface area contributed by atoms with E-state index in [1.165, 1.54) is 5.56 Å². The van der Waals surface area contributed by atoms with Crippen molar-refractivity contribution in [1.29, 1.82) is 0 Å². The van der Waals surface area contributed by atoms with Crippen LogP contribution in [0.25, 0.3) is 11.1 Å². The molecule has 0 amide bonds. The maximum Gasteiger partial charge on any atom is 0.189 e. The molecule has 1 fully saturated rings. The lowest BCUT2D eigenvalue weighted by Crippen LogP contribution is -2.36. The standard InChI is InChI=1S/C22H20N4O2/c27-20-4-5-23-14-19(20)15-1-2-17-13-25-22(18(17)11-15)16-3-6-24-21(12-16)26-7-9-28-10-8-26/h1-6,11-12,14H,7-10,13H2,(H,23,27). The molecule has 0 atom stereocenters. The first kappa shape index (κ1) is 16.9. The number of aliphatic imine (C=N–C) groups is 1. The summed E-state index contributed by atoms with van der Waals surface area (Å²) in [7, 11) is 0. The van der Waals surface area contributed by atoms with Crippen LogP contribution in [-0.4, -0.2) is 42.0 Å². The number of anilines is 1. The second kappa shape index (κ2) is 7.05. The topological polar surface area (TPSA) is 70.6 Å². The number of H-pyrrole nitrogens is 1. The zero-order valence-corrected chi connectivity index (χ0v) is 15.4. The number of hydrogen-bond acceptors (Lipinski definition) is 5. The minimum Gasteiger partial charge on any atom is -0.378 e. The summed E-state index contributed by atoms with van der Waals surface area (Å²) in [5.74, 6) is 0.951. The smallest absolute Gasteiger partial charge is 0.189 e. The van der Waals surface area contributed by atoms with Crippen LogP contribution >= 0.6 is 0 Å². The Morgan fingerprint density at radius 1 is 1.00 bits per heavy atom. The van der Waals surface area contributed by atoms with E-state index in [4.69, 9.17) is 9.73 Å². The molecule has 140 valence electrons. The molecule has 6 nitrogen and oxygen atoms in total. The molecular formula is C22H20N4O2. The van der Waals surface area contributed by atoms with Crippen molar-refractivity contribution in [2.45, 2.75) is 6.54 Å². The summed E-state index contributed by atoms with van der Waals surface area (Å²) >= 11 is 0. The number of morpholine rings is 1. The summed E-state index contributed by atoms with van der Waals surface area (Å²) in [6.07, 6.45) is 5.24. The van der Waals surface area contributed by atoms with Crippen molar-refractivity contribution in [2.24, 2.45) is 4.99 Å².